The summed E-state index contributed by atoms with van der Waals surface area (Å²) in [6, 6.07) is 1.47. The summed E-state index contributed by atoms with van der Waals surface area (Å²) in [5, 5.41) is 0. The van der Waals surface area contributed by atoms with Gasteiger partial charge < -0.3 is 5.73 Å². The number of nitrogens with two attached hydrogens (primary N) is 1. The van der Waals surface area contributed by atoms with Gasteiger partial charge in [-0.3, -0.25) is 4.90 Å². The highest BCUT2D eigenvalue weighted by molar-refractivity contribution is 4.90. The lowest BCUT2D eigenvalue weighted by Gasteiger charge is -2.46. The molecule has 2 nitrogen and oxygen atoms in total. The molecule has 1 saturated heterocycles. The molecule has 0 aromatic carbocycles. The normalized spacial score (nSPS) is 38.4. The van der Waals surface area contributed by atoms with Crippen LogP contribution in [0.25, 0.3) is 0 Å². The lowest BCUT2D eigenvalue weighted by atomic mass is 9.71. The Morgan fingerprint density at radius 1 is 1.05 bits per heavy atom. The quantitative estimate of drug-likeness (QED) is 0.826. The molecule has 0 amide bonds. The van der Waals surface area contributed by atoms with E-state index in [0.29, 0.717) is 11.5 Å². The Morgan fingerprint density at radius 3 is 2.21 bits per heavy atom. The highest BCUT2D eigenvalue weighted by Crippen LogP contribution is 2.40. The second kappa shape index (κ2) is 6.13. The zero-order valence-electron chi connectivity index (χ0n) is 13.5. The summed E-state index contributed by atoms with van der Waals surface area (Å²) in [5.74, 6) is 1.79. The van der Waals surface area contributed by atoms with E-state index in [2.05, 4.69) is 32.6 Å². The summed E-state index contributed by atoms with van der Waals surface area (Å²) in [6.07, 6.45) is 8.31. The molecule has 2 aliphatic rings. The molecule has 1 aliphatic carbocycles. The summed E-state index contributed by atoms with van der Waals surface area (Å²) in [5.41, 5.74) is 6.51. The van der Waals surface area contributed by atoms with Gasteiger partial charge in [0, 0.05) is 18.6 Å². The molecule has 2 atom stereocenters. The Morgan fingerprint density at radius 2 is 1.68 bits per heavy atom. The first-order valence-electron chi connectivity index (χ1n) is 8.37. The second-order valence-electron chi connectivity index (χ2n) is 8.13. The average Bonchev–Trinajstić information content (AvgIpc) is 2.37. The van der Waals surface area contributed by atoms with Crippen LogP contribution in [0.4, 0.5) is 0 Å². The van der Waals surface area contributed by atoms with Crippen LogP contribution in [0.15, 0.2) is 0 Å². The fourth-order valence-corrected chi connectivity index (χ4v) is 4.26. The largest absolute Gasteiger partial charge is 0.329 e. The monoisotopic (exact) mass is 266 g/mol. The smallest absolute Gasteiger partial charge is 0.0223 e. The van der Waals surface area contributed by atoms with Crippen LogP contribution in [-0.4, -0.2) is 30.1 Å². The van der Waals surface area contributed by atoms with Crippen LogP contribution in [0.1, 0.15) is 66.2 Å². The van der Waals surface area contributed by atoms with E-state index in [4.69, 9.17) is 5.73 Å². The Balaban J connectivity index is 1.90. The standard InChI is InChI=1S/C17H34N2/c1-13-9-10-19(16(11-13)12-18)15-7-5-14(6-8-15)17(2,3)4/h13-16H,5-12,18H2,1-4H3. The topological polar surface area (TPSA) is 29.3 Å². The molecule has 0 bridgehead atoms. The molecule has 0 spiro atoms. The molecule has 1 saturated carbocycles. The summed E-state index contributed by atoms with van der Waals surface area (Å²) in [6.45, 7) is 11.7. The van der Waals surface area contributed by atoms with Crippen LogP contribution in [0.2, 0.25) is 0 Å². The van der Waals surface area contributed by atoms with Gasteiger partial charge in [-0.2, -0.15) is 0 Å². The Kier molecular flexibility index (Phi) is 4.94. The van der Waals surface area contributed by atoms with Gasteiger partial charge in [0.05, 0.1) is 0 Å². The fourth-order valence-electron chi connectivity index (χ4n) is 4.26. The molecule has 2 N–H and O–H groups in total. The number of rotatable bonds is 2. The first-order valence-corrected chi connectivity index (χ1v) is 8.37. The van der Waals surface area contributed by atoms with Crippen molar-refractivity contribution in [3.63, 3.8) is 0 Å². The highest BCUT2D eigenvalue weighted by Gasteiger charge is 2.35. The fraction of sp³-hybridized carbons (Fsp3) is 1.00. The molecule has 0 radical (unpaired) electrons. The zero-order valence-corrected chi connectivity index (χ0v) is 13.5. The van der Waals surface area contributed by atoms with Crippen molar-refractivity contribution in [1.29, 1.82) is 0 Å². The first kappa shape index (κ1) is 15.3. The lowest BCUT2D eigenvalue weighted by molar-refractivity contribution is 0.0351. The SMILES string of the molecule is CC1CCN(C2CCC(C(C)(C)C)CC2)C(CN)C1. The number of hydrogen-bond acceptors (Lipinski definition) is 2. The van der Waals surface area contributed by atoms with Gasteiger partial charge in [0.1, 0.15) is 0 Å². The molecule has 2 unspecified atom stereocenters. The molecule has 2 fully saturated rings. The maximum atomic E-state index is 6.02. The van der Waals surface area contributed by atoms with E-state index in [0.717, 1.165) is 24.4 Å². The minimum atomic E-state index is 0.495. The van der Waals surface area contributed by atoms with Crippen molar-refractivity contribution in [2.24, 2.45) is 23.0 Å². The van der Waals surface area contributed by atoms with Crippen molar-refractivity contribution >= 4 is 0 Å². The number of nitrogens with zero attached hydrogens (tertiary/aromatic N) is 1. The first-order chi connectivity index (χ1) is 8.91. The second-order valence-corrected chi connectivity index (χ2v) is 8.13. The van der Waals surface area contributed by atoms with Crippen molar-refractivity contribution in [2.75, 3.05) is 13.1 Å². The van der Waals surface area contributed by atoms with Crippen LogP contribution in [0.3, 0.4) is 0 Å². The van der Waals surface area contributed by atoms with E-state index in [1.165, 1.54) is 45.1 Å². The lowest BCUT2D eigenvalue weighted by Crippen LogP contribution is -2.52. The molecular formula is C17H34N2. The van der Waals surface area contributed by atoms with Crippen LogP contribution in [0, 0.1) is 17.3 Å². The minimum absolute atomic E-state index is 0.495. The van der Waals surface area contributed by atoms with Crippen molar-refractivity contribution < 1.29 is 0 Å². The van der Waals surface area contributed by atoms with E-state index < -0.39 is 0 Å². The van der Waals surface area contributed by atoms with Gasteiger partial charge in [0.15, 0.2) is 0 Å². The summed E-state index contributed by atoms with van der Waals surface area (Å²) in [7, 11) is 0. The summed E-state index contributed by atoms with van der Waals surface area (Å²) < 4.78 is 0. The molecule has 2 heteroatoms. The molecule has 1 heterocycles. The molecule has 2 rings (SSSR count). The molecule has 19 heavy (non-hydrogen) atoms. The third kappa shape index (κ3) is 3.72. The Bertz CT molecular complexity index is 273. The van der Waals surface area contributed by atoms with Crippen LogP contribution in [0.5, 0.6) is 0 Å². The summed E-state index contributed by atoms with van der Waals surface area (Å²) in [4.78, 5) is 2.76. The molecule has 1 aliphatic heterocycles. The predicted molar refractivity (Wildman–Crippen MR) is 83.1 cm³/mol. The van der Waals surface area contributed by atoms with Gasteiger partial charge in [-0.15, -0.1) is 0 Å². The summed E-state index contributed by atoms with van der Waals surface area (Å²) >= 11 is 0. The number of piperidine rings is 1. The molecule has 112 valence electrons. The van der Waals surface area contributed by atoms with Gasteiger partial charge in [0.2, 0.25) is 0 Å². The van der Waals surface area contributed by atoms with Crippen molar-refractivity contribution in [3.8, 4) is 0 Å². The van der Waals surface area contributed by atoms with E-state index in [9.17, 15) is 0 Å². The Labute approximate surface area is 120 Å². The maximum absolute atomic E-state index is 6.02. The van der Waals surface area contributed by atoms with Crippen LogP contribution >= 0.6 is 0 Å². The predicted octanol–water partition coefficient (Wildman–Crippen LogP) is 3.65. The maximum Gasteiger partial charge on any atom is 0.0223 e. The van der Waals surface area contributed by atoms with E-state index in [1.54, 1.807) is 0 Å². The van der Waals surface area contributed by atoms with Gasteiger partial charge >= 0.3 is 0 Å². The van der Waals surface area contributed by atoms with Crippen molar-refractivity contribution in [1.82, 2.24) is 4.90 Å². The number of likely N-dealkylation sites (tertiary alicyclic amines) is 1. The van der Waals surface area contributed by atoms with E-state index in [-0.39, 0.29) is 0 Å². The molecular weight excluding hydrogens is 232 g/mol. The van der Waals surface area contributed by atoms with Crippen molar-refractivity contribution in [3.05, 3.63) is 0 Å². The van der Waals surface area contributed by atoms with Crippen molar-refractivity contribution in [2.45, 2.75) is 78.3 Å². The van der Waals surface area contributed by atoms with E-state index >= 15 is 0 Å². The third-order valence-corrected chi connectivity index (χ3v) is 5.69. The van der Waals surface area contributed by atoms with Crippen LogP contribution in [-0.2, 0) is 0 Å². The van der Waals surface area contributed by atoms with Gasteiger partial charge in [-0.25, -0.2) is 0 Å². The van der Waals surface area contributed by atoms with E-state index in [1.807, 2.05) is 0 Å². The zero-order chi connectivity index (χ0) is 14.0. The van der Waals surface area contributed by atoms with Crippen LogP contribution < -0.4 is 5.73 Å². The molecule has 0 aromatic rings. The highest BCUT2D eigenvalue weighted by atomic mass is 15.2. The van der Waals surface area contributed by atoms with Gasteiger partial charge in [-0.05, 0) is 62.3 Å². The Hall–Kier alpha value is -0.0800. The molecule has 0 aromatic heterocycles. The third-order valence-electron chi connectivity index (χ3n) is 5.69. The van der Waals surface area contributed by atoms with Gasteiger partial charge in [0.25, 0.3) is 0 Å². The van der Waals surface area contributed by atoms with Gasteiger partial charge in [-0.1, -0.05) is 27.7 Å². The average molecular weight is 266 g/mol. The minimum Gasteiger partial charge on any atom is -0.329 e. The number of hydrogen-bond donors (Lipinski definition) is 1.